The number of benzene rings is 2. The molecule has 0 aliphatic heterocycles. The molecule has 0 spiro atoms. The maximum atomic E-state index is 13.2. The normalized spacial score (nSPS) is 11.4. The second-order valence-corrected chi connectivity index (χ2v) is 6.22. The summed E-state index contributed by atoms with van der Waals surface area (Å²) in [6, 6.07) is 15.8. The fourth-order valence-electron chi connectivity index (χ4n) is 3.37. The smallest absolute Gasteiger partial charge is 0.277 e. The van der Waals surface area contributed by atoms with E-state index in [2.05, 4.69) is 0 Å². The zero-order valence-corrected chi connectivity index (χ0v) is 14.1. The first-order chi connectivity index (χ1) is 12.2. The van der Waals surface area contributed by atoms with Crippen molar-refractivity contribution in [3.63, 3.8) is 0 Å². The van der Waals surface area contributed by atoms with E-state index in [9.17, 15) is 4.79 Å². The van der Waals surface area contributed by atoms with Gasteiger partial charge in [0.2, 0.25) is 0 Å². The van der Waals surface area contributed by atoms with E-state index < -0.39 is 0 Å². The highest BCUT2D eigenvalue weighted by Gasteiger charge is 2.16. The Balaban J connectivity index is 2.04. The van der Waals surface area contributed by atoms with Gasteiger partial charge in [0.15, 0.2) is 0 Å². The first-order valence-electron chi connectivity index (χ1n) is 8.45. The number of rotatable bonds is 4. The van der Waals surface area contributed by atoms with E-state index in [0.717, 1.165) is 33.9 Å². The Morgan fingerprint density at radius 1 is 1.04 bits per heavy atom. The lowest BCUT2D eigenvalue weighted by atomic mass is 10.1. The van der Waals surface area contributed by atoms with E-state index in [1.165, 1.54) is 0 Å². The third-order valence-electron chi connectivity index (χ3n) is 4.59. The number of fused-ring (bicyclic) bond motifs is 2. The van der Waals surface area contributed by atoms with Crippen molar-refractivity contribution in [1.29, 1.82) is 0 Å². The van der Waals surface area contributed by atoms with Crippen LogP contribution in [-0.4, -0.2) is 20.7 Å². The number of hydrogen-bond acceptors (Lipinski definition) is 3. The Hall–Kier alpha value is -2.92. The molecule has 0 aliphatic carbocycles. The highest BCUT2D eigenvalue weighted by atomic mass is 16.1. The number of para-hydroxylation sites is 3. The van der Waals surface area contributed by atoms with Gasteiger partial charge in [-0.1, -0.05) is 30.3 Å². The molecule has 0 fully saturated rings. The molecule has 0 aliphatic rings. The van der Waals surface area contributed by atoms with Gasteiger partial charge in [0.1, 0.15) is 5.69 Å². The molecule has 0 saturated carbocycles. The number of aromatic nitrogens is 3. The number of hydrogen-bond donors (Lipinski definition) is 1. The van der Waals surface area contributed by atoms with Gasteiger partial charge in [-0.3, -0.25) is 4.79 Å². The van der Waals surface area contributed by atoms with Crippen LogP contribution in [0.15, 0.2) is 59.5 Å². The minimum atomic E-state index is -0.0662. The van der Waals surface area contributed by atoms with Crippen molar-refractivity contribution in [2.75, 3.05) is 6.54 Å². The van der Waals surface area contributed by atoms with E-state index in [1.807, 2.05) is 66.3 Å². The van der Waals surface area contributed by atoms with Crippen LogP contribution in [0, 0.1) is 0 Å². The summed E-state index contributed by atoms with van der Waals surface area (Å²) >= 11 is 0. The zero-order chi connectivity index (χ0) is 17.4. The summed E-state index contributed by atoms with van der Waals surface area (Å²) in [7, 11) is 1.99. The maximum Gasteiger partial charge on any atom is 0.277 e. The van der Waals surface area contributed by atoms with E-state index >= 15 is 0 Å². The predicted octanol–water partition coefficient (Wildman–Crippen LogP) is 2.90. The Labute approximate surface area is 145 Å². The van der Waals surface area contributed by atoms with Crippen LogP contribution >= 0.6 is 0 Å². The number of aryl methyl sites for hydroxylation is 2. The molecule has 25 heavy (non-hydrogen) atoms. The lowest BCUT2D eigenvalue weighted by Gasteiger charge is -2.11. The largest absolute Gasteiger partial charge is 0.350 e. The minimum absolute atomic E-state index is 0.0662. The Morgan fingerprint density at radius 3 is 2.56 bits per heavy atom. The molecule has 0 atom stereocenters. The van der Waals surface area contributed by atoms with Gasteiger partial charge in [-0.15, -0.1) is 0 Å². The fraction of sp³-hybridized carbons (Fsp3) is 0.200. The molecule has 0 saturated heterocycles. The molecule has 0 radical (unpaired) electrons. The van der Waals surface area contributed by atoms with Crippen molar-refractivity contribution in [2.24, 2.45) is 12.8 Å². The van der Waals surface area contributed by atoms with Gasteiger partial charge >= 0.3 is 0 Å². The summed E-state index contributed by atoms with van der Waals surface area (Å²) in [5.74, 6) is 0. The van der Waals surface area contributed by atoms with Crippen LogP contribution in [0.2, 0.25) is 0 Å². The molecule has 2 heterocycles. The summed E-state index contributed by atoms with van der Waals surface area (Å²) in [4.78, 5) is 17.9. The van der Waals surface area contributed by atoms with Crippen LogP contribution in [-0.2, 0) is 13.6 Å². The molecule has 0 unspecified atom stereocenters. The summed E-state index contributed by atoms with van der Waals surface area (Å²) < 4.78 is 3.83. The standard InChI is InChI=1S/C20H20N4O/c1-23-13-15(14-7-2-4-9-17(14)23)19-20(25)24(12-6-11-21)18-10-5-3-8-16(18)22-19/h2-5,7-10,13H,6,11-12,21H2,1H3. The summed E-state index contributed by atoms with van der Waals surface area (Å²) in [6.45, 7) is 1.14. The van der Waals surface area contributed by atoms with Crippen LogP contribution in [0.4, 0.5) is 0 Å². The lowest BCUT2D eigenvalue weighted by Crippen LogP contribution is -2.24. The van der Waals surface area contributed by atoms with E-state index in [0.29, 0.717) is 18.8 Å². The maximum absolute atomic E-state index is 13.2. The van der Waals surface area contributed by atoms with Crippen LogP contribution in [0.1, 0.15) is 6.42 Å². The van der Waals surface area contributed by atoms with Crippen molar-refractivity contribution in [1.82, 2.24) is 14.1 Å². The fourth-order valence-corrected chi connectivity index (χ4v) is 3.37. The molecule has 2 aromatic carbocycles. The average molecular weight is 332 g/mol. The van der Waals surface area contributed by atoms with Gasteiger partial charge in [0, 0.05) is 36.3 Å². The number of nitrogens with zero attached hydrogens (tertiary/aromatic N) is 3. The van der Waals surface area contributed by atoms with Crippen LogP contribution in [0.3, 0.4) is 0 Å². The molecule has 4 aromatic rings. The number of nitrogens with two attached hydrogens (primary N) is 1. The molecule has 4 rings (SSSR count). The lowest BCUT2D eigenvalue weighted by molar-refractivity contribution is 0.648. The highest BCUT2D eigenvalue weighted by Crippen LogP contribution is 2.28. The summed E-state index contributed by atoms with van der Waals surface area (Å²) in [5.41, 5.74) is 9.72. The first kappa shape index (κ1) is 15.6. The Bertz CT molecular complexity index is 1120. The summed E-state index contributed by atoms with van der Waals surface area (Å²) in [6.07, 6.45) is 2.74. The molecular weight excluding hydrogens is 312 g/mol. The van der Waals surface area contributed by atoms with Crippen LogP contribution < -0.4 is 11.3 Å². The third kappa shape index (κ3) is 2.53. The van der Waals surface area contributed by atoms with E-state index in [1.54, 1.807) is 4.57 Å². The van der Waals surface area contributed by atoms with Crippen molar-refractivity contribution in [3.8, 4) is 11.3 Å². The monoisotopic (exact) mass is 332 g/mol. The second kappa shape index (κ2) is 6.18. The molecule has 126 valence electrons. The topological polar surface area (TPSA) is 65.8 Å². The van der Waals surface area contributed by atoms with Gasteiger partial charge in [-0.25, -0.2) is 4.98 Å². The molecule has 2 N–H and O–H groups in total. The Kier molecular flexibility index (Phi) is 3.86. The van der Waals surface area contributed by atoms with Gasteiger partial charge in [-0.2, -0.15) is 0 Å². The predicted molar refractivity (Wildman–Crippen MR) is 102 cm³/mol. The minimum Gasteiger partial charge on any atom is -0.350 e. The van der Waals surface area contributed by atoms with E-state index in [-0.39, 0.29) is 5.56 Å². The molecular formula is C20H20N4O. The second-order valence-electron chi connectivity index (χ2n) is 6.22. The average Bonchev–Trinajstić information content (AvgIpc) is 2.98. The third-order valence-corrected chi connectivity index (χ3v) is 4.59. The molecule has 5 nitrogen and oxygen atoms in total. The zero-order valence-electron chi connectivity index (χ0n) is 14.1. The molecule has 0 bridgehead atoms. The van der Waals surface area contributed by atoms with Crippen LogP contribution in [0.25, 0.3) is 33.2 Å². The van der Waals surface area contributed by atoms with Crippen molar-refractivity contribution >= 4 is 21.9 Å². The quantitative estimate of drug-likeness (QED) is 0.625. The van der Waals surface area contributed by atoms with Crippen molar-refractivity contribution < 1.29 is 0 Å². The van der Waals surface area contributed by atoms with Gasteiger partial charge in [-0.05, 0) is 31.2 Å². The van der Waals surface area contributed by atoms with Crippen LogP contribution in [0.5, 0.6) is 0 Å². The highest BCUT2D eigenvalue weighted by molar-refractivity contribution is 5.95. The van der Waals surface area contributed by atoms with Gasteiger partial charge in [0.25, 0.3) is 5.56 Å². The van der Waals surface area contributed by atoms with Crippen molar-refractivity contribution in [2.45, 2.75) is 13.0 Å². The van der Waals surface area contributed by atoms with E-state index in [4.69, 9.17) is 10.7 Å². The van der Waals surface area contributed by atoms with Gasteiger partial charge < -0.3 is 14.9 Å². The van der Waals surface area contributed by atoms with Crippen molar-refractivity contribution in [3.05, 3.63) is 65.1 Å². The first-order valence-corrected chi connectivity index (χ1v) is 8.45. The molecule has 2 aromatic heterocycles. The Morgan fingerprint density at radius 2 is 1.76 bits per heavy atom. The summed E-state index contributed by atoms with van der Waals surface area (Å²) in [5, 5.41) is 1.04. The SMILES string of the molecule is Cn1cc(-c2nc3ccccc3n(CCCN)c2=O)c2ccccc21. The molecule has 0 amide bonds. The molecule has 5 heteroatoms. The van der Waals surface area contributed by atoms with Gasteiger partial charge in [0.05, 0.1) is 11.0 Å².